The van der Waals surface area contributed by atoms with E-state index in [4.69, 9.17) is 4.74 Å². The molecule has 0 bridgehead atoms. The minimum Gasteiger partial charge on any atom is -0.480 e. The van der Waals surface area contributed by atoms with E-state index < -0.39 is 11.5 Å². The number of carbonyl (C=O) groups is 1. The van der Waals surface area contributed by atoms with Crippen molar-refractivity contribution in [1.29, 1.82) is 0 Å². The van der Waals surface area contributed by atoms with Crippen molar-refractivity contribution in [3.05, 3.63) is 0 Å². The van der Waals surface area contributed by atoms with Gasteiger partial charge >= 0.3 is 5.97 Å². The molecule has 0 radical (unpaired) electrons. The fourth-order valence-corrected chi connectivity index (χ4v) is 3.65. The first-order chi connectivity index (χ1) is 8.70. The fourth-order valence-electron chi connectivity index (χ4n) is 3.65. The van der Waals surface area contributed by atoms with Crippen molar-refractivity contribution in [2.75, 3.05) is 19.8 Å². The normalized spacial score (nSPS) is 34.4. The second kappa shape index (κ2) is 6.02. The number of nitrogens with zero attached hydrogens (tertiary/aromatic N) is 1. The molecule has 0 spiro atoms. The second-order valence-corrected chi connectivity index (χ2v) is 5.58. The molecule has 2 atom stereocenters. The summed E-state index contributed by atoms with van der Waals surface area (Å²) in [5.74, 6) is -0.619. The van der Waals surface area contributed by atoms with E-state index in [1.165, 1.54) is 0 Å². The molecule has 18 heavy (non-hydrogen) atoms. The summed E-state index contributed by atoms with van der Waals surface area (Å²) >= 11 is 0. The third-order valence-corrected chi connectivity index (χ3v) is 4.46. The van der Waals surface area contributed by atoms with Crippen LogP contribution in [0.2, 0.25) is 0 Å². The Morgan fingerprint density at radius 1 is 1.39 bits per heavy atom. The van der Waals surface area contributed by atoms with Crippen LogP contribution in [-0.4, -0.2) is 47.3 Å². The number of likely N-dealkylation sites (tertiary alicyclic amines) is 1. The molecule has 2 aliphatic heterocycles. The van der Waals surface area contributed by atoms with Gasteiger partial charge in [-0.15, -0.1) is 0 Å². The quantitative estimate of drug-likeness (QED) is 0.837. The molecule has 2 saturated heterocycles. The first kappa shape index (κ1) is 13.8. The van der Waals surface area contributed by atoms with Gasteiger partial charge < -0.3 is 9.84 Å². The summed E-state index contributed by atoms with van der Waals surface area (Å²) in [7, 11) is 0. The number of rotatable bonds is 4. The zero-order chi connectivity index (χ0) is 13.0. The van der Waals surface area contributed by atoms with Crippen molar-refractivity contribution < 1.29 is 14.6 Å². The molecule has 4 nitrogen and oxygen atoms in total. The molecule has 2 fully saturated rings. The topological polar surface area (TPSA) is 49.8 Å². The average Bonchev–Trinajstić information content (AvgIpc) is 2.60. The van der Waals surface area contributed by atoms with Crippen molar-refractivity contribution in [2.24, 2.45) is 0 Å². The lowest BCUT2D eigenvalue weighted by molar-refractivity contribution is -0.152. The Morgan fingerprint density at radius 3 is 2.94 bits per heavy atom. The summed E-state index contributed by atoms with van der Waals surface area (Å²) < 4.78 is 5.50. The van der Waals surface area contributed by atoms with Crippen LogP contribution in [0, 0.1) is 0 Å². The standard InChI is InChI=1S/C14H25NO3/c1-2-7-14(13(16)17)8-4-9-15(14)12-5-3-10-18-11-6-12/h12H,2-11H2,1H3,(H,16,17). The predicted molar refractivity (Wildman–Crippen MR) is 69.7 cm³/mol. The number of aliphatic carboxylic acids is 1. The van der Waals surface area contributed by atoms with Gasteiger partial charge in [0.2, 0.25) is 0 Å². The lowest BCUT2D eigenvalue weighted by Gasteiger charge is -2.40. The molecular formula is C14H25NO3. The first-order valence-corrected chi connectivity index (χ1v) is 7.28. The van der Waals surface area contributed by atoms with Crippen LogP contribution in [0.15, 0.2) is 0 Å². The van der Waals surface area contributed by atoms with Crippen molar-refractivity contribution in [2.45, 2.75) is 63.5 Å². The summed E-state index contributed by atoms with van der Waals surface area (Å²) in [5, 5.41) is 9.69. The van der Waals surface area contributed by atoms with E-state index in [9.17, 15) is 9.90 Å². The molecule has 104 valence electrons. The SMILES string of the molecule is CCCC1(C(=O)O)CCCN1C1CCCOCC1. The molecule has 2 rings (SSSR count). The van der Waals surface area contributed by atoms with Crippen LogP contribution >= 0.6 is 0 Å². The van der Waals surface area contributed by atoms with Crippen molar-refractivity contribution in [1.82, 2.24) is 4.90 Å². The highest BCUT2D eigenvalue weighted by Gasteiger charge is 2.49. The fraction of sp³-hybridized carbons (Fsp3) is 0.929. The number of carboxylic acid groups (broad SMARTS) is 1. The zero-order valence-corrected chi connectivity index (χ0v) is 11.4. The summed E-state index contributed by atoms with van der Waals surface area (Å²) in [6, 6.07) is 0.401. The van der Waals surface area contributed by atoms with E-state index in [0.717, 1.165) is 64.7 Å². The molecule has 4 heteroatoms. The largest absolute Gasteiger partial charge is 0.480 e. The Hall–Kier alpha value is -0.610. The maximum absolute atomic E-state index is 11.8. The first-order valence-electron chi connectivity index (χ1n) is 7.28. The van der Waals surface area contributed by atoms with Crippen LogP contribution in [0.25, 0.3) is 0 Å². The van der Waals surface area contributed by atoms with Crippen LogP contribution < -0.4 is 0 Å². The van der Waals surface area contributed by atoms with E-state index in [2.05, 4.69) is 11.8 Å². The second-order valence-electron chi connectivity index (χ2n) is 5.58. The molecule has 2 aliphatic rings. The van der Waals surface area contributed by atoms with Gasteiger partial charge in [-0.25, -0.2) is 0 Å². The van der Waals surface area contributed by atoms with E-state index in [-0.39, 0.29) is 0 Å². The van der Waals surface area contributed by atoms with Gasteiger partial charge in [0.1, 0.15) is 5.54 Å². The van der Waals surface area contributed by atoms with Gasteiger partial charge in [-0.05, 0) is 45.1 Å². The zero-order valence-electron chi connectivity index (χ0n) is 11.4. The highest BCUT2D eigenvalue weighted by molar-refractivity contribution is 5.79. The van der Waals surface area contributed by atoms with Gasteiger partial charge in [-0.1, -0.05) is 13.3 Å². The molecule has 0 aromatic heterocycles. The van der Waals surface area contributed by atoms with Gasteiger partial charge in [-0.3, -0.25) is 9.69 Å². The van der Waals surface area contributed by atoms with Crippen LogP contribution in [0.5, 0.6) is 0 Å². The van der Waals surface area contributed by atoms with Crippen molar-refractivity contribution >= 4 is 5.97 Å². The minimum atomic E-state index is -0.619. The lowest BCUT2D eigenvalue weighted by Crippen LogP contribution is -2.54. The lowest BCUT2D eigenvalue weighted by atomic mass is 9.88. The maximum Gasteiger partial charge on any atom is 0.324 e. The highest BCUT2D eigenvalue weighted by atomic mass is 16.5. The smallest absolute Gasteiger partial charge is 0.324 e. The molecule has 2 heterocycles. The maximum atomic E-state index is 11.8. The Morgan fingerprint density at radius 2 is 2.22 bits per heavy atom. The van der Waals surface area contributed by atoms with Crippen molar-refractivity contribution in [3.8, 4) is 0 Å². The van der Waals surface area contributed by atoms with E-state index >= 15 is 0 Å². The molecule has 0 aliphatic carbocycles. The van der Waals surface area contributed by atoms with Crippen LogP contribution in [-0.2, 0) is 9.53 Å². The van der Waals surface area contributed by atoms with E-state index in [1.807, 2.05) is 0 Å². The van der Waals surface area contributed by atoms with Gasteiger partial charge in [0.15, 0.2) is 0 Å². The average molecular weight is 255 g/mol. The van der Waals surface area contributed by atoms with Gasteiger partial charge in [0.05, 0.1) is 0 Å². The molecular weight excluding hydrogens is 230 g/mol. The number of ether oxygens (including phenoxy) is 1. The highest BCUT2D eigenvalue weighted by Crippen LogP contribution is 2.37. The predicted octanol–water partition coefficient (Wildman–Crippen LogP) is 2.27. The number of hydrogen-bond acceptors (Lipinski definition) is 3. The Bertz CT molecular complexity index is 287. The summed E-state index contributed by atoms with van der Waals surface area (Å²) in [6.07, 6.45) is 6.67. The number of hydrogen-bond donors (Lipinski definition) is 1. The monoisotopic (exact) mass is 255 g/mol. The molecule has 0 amide bonds. The van der Waals surface area contributed by atoms with Crippen LogP contribution in [0.4, 0.5) is 0 Å². The summed E-state index contributed by atoms with van der Waals surface area (Å²) in [6.45, 7) is 4.63. The summed E-state index contributed by atoms with van der Waals surface area (Å²) in [5.41, 5.74) is -0.593. The Labute approximate surface area is 109 Å². The Kier molecular flexibility index (Phi) is 4.62. The molecule has 1 N–H and O–H groups in total. The minimum absolute atomic E-state index is 0.401. The third-order valence-electron chi connectivity index (χ3n) is 4.46. The van der Waals surface area contributed by atoms with Crippen LogP contribution in [0.3, 0.4) is 0 Å². The van der Waals surface area contributed by atoms with E-state index in [1.54, 1.807) is 0 Å². The van der Waals surface area contributed by atoms with Crippen LogP contribution in [0.1, 0.15) is 51.9 Å². The van der Waals surface area contributed by atoms with Crippen molar-refractivity contribution in [3.63, 3.8) is 0 Å². The van der Waals surface area contributed by atoms with Gasteiger partial charge in [0.25, 0.3) is 0 Å². The molecule has 0 saturated carbocycles. The summed E-state index contributed by atoms with van der Waals surface area (Å²) in [4.78, 5) is 14.1. The number of carboxylic acids is 1. The Balaban J connectivity index is 2.15. The van der Waals surface area contributed by atoms with Gasteiger partial charge in [-0.2, -0.15) is 0 Å². The molecule has 0 aromatic rings. The van der Waals surface area contributed by atoms with Gasteiger partial charge in [0, 0.05) is 19.3 Å². The van der Waals surface area contributed by atoms with E-state index in [0.29, 0.717) is 6.04 Å². The molecule has 2 unspecified atom stereocenters. The molecule has 0 aromatic carbocycles. The third kappa shape index (κ3) is 2.54.